The fourth-order valence-electron chi connectivity index (χ4n) is 1.87. The lowest BCUT2D eigenvalue weighted by Crippen LogP contribution is -2.42. The normalized spacial score (nSPS) is 23.5. The fraction of sp³-hybridized carbons (Fsp3) is 0.909. The summed E-state index contributed by atoms with van der Waals surface area (Å²) in [6.07, 6.45) is 1.92. The van der Waals surface area contributed by atoms with E-state index in [4.69, 9.17) is 9.47 Å². The van der Waals surface area contributed by atoms with Crippen LogP contribution in [-0.2, 0) is 14.3 Å². The number of hydrogen-bond donors (Lipinski definition) is 0. The Morgan fingerprint density at radius 2 is 2.29 bits per heavy atom. The van der Waals surface area contributed by atoms with Crippen molar-refractivity contribution in [1.82, 2.24) is 0 Å². The Morgan fingerprint density at radius 3 is 2.79 bits per heavy atom. The molecule has 0 radical (unpaired) electrons. The van der Waals surface area contributed by atoms with E-state index in [1.54, 1.807) is 0 Å². The molecule has 1 saturated heterocycles. The molecule has 1 aliphatic rings. The van der Waals surface area contributed by atoms with Crippen molar-refractivity contribution in [2.24, 2.45) is 5.92 Å². The van der Waals surface area contributed by atoms with E-state index in [1.807, 2.05) is 20.8 Å². The quantitative estimate of drug-likeness (QED) is 0.694. The summed E-state index contributed by atoms with van der Waals surface area (Å²) in [7, 11) is 0. The van der Waals surface area contributed by atoms with Gasteiger partial charge in [-0.15, -0.1) is 0 Å². The smallest absolute Gasteiger partial charge is 0.169 e. The zero-order valence-corrected chi connectivity index (χ0v) is 9.34. The summed E-state index contributed by atoms with van der Waals surface area (Å²) < 4.78 is 10.7. The molecule has 0 aromatic heterocycles. The van der Waals surface area contributed by atoms with Crippen LogP contribution in [0.3, 0.4) is 0 Å². The summed E-state index contributed by atoms with van der Waals surface area (Å²) in [6, 6.07) is 0. The van der Waals surface area contributed by atoms with Crippen molar-refractivity contribution in [3.63, 3.8) is 0 Å². The zero-order chi connectivity index (χ0) is 10.6. The average molecular weight is 200 g/mol. The Bertz CT molecular complexity index is 193. The third-order valence-corrected chi connectivity index (χ3v) is 2.63. The molecule has 0 aromatic carbocycles. The van der Waals surface area contributed by atoms with Gasteiger partial charge < -0.3 is 9.47 Å². The van der Waals surface area contributed by atoms with Gasteiger partial charge in [0.15, 0.2) is 5.78 Å². The van der Waals surface area contributed by atoms with Crippen LogP contribution >= 0.6 is 0 Å². The highest BCUT2D eigenvalue weighted by molar-refractivity contribution is 5.88. The second-order valence-electron chi connectivity index (χ2n) is 4.22. The highest BCUT2D eigenvalue weighted by atomic mass is 16.5. The summed E-state index contributed by atoms with van der Waals surface area (Å²) in [6.45, 7) is 7.52. The first-order valence-electron chi connectivity index (χ1n) is 5.34. The van der Waals surface area contributed by atoms with E-state index in [0.717, 1.165) is 19.4 Å². The minimum Gasteiger partial charge on any atom is -0.381 e. The topological polar surface area (TPSA) is 35.5 Å². The van der Waals surface area contributed by atoms with Crippen LogP contribution in [0.15, 0.2) is 0 Å². The molecule has 0 aliphatic carbocycles. The number of carbonyl (C=O) groups is 1. The maximum atomic E-state index is 12.0. The molecule has 1 atom stereocenters. The summed E-state index contributed by atoms with van der Waals surface area (Å²) in [5.74, 6) is 0.212. The van der Waals surface area contributed by atoms with Crippen molar-refractivity contribution < 1.29 is 14.3 Å². The Labute approximate surface area is 85.8 Å². The van der Waals surface area contributed by atoms with Crippen molar-refractivity contribution >= 4 is 5.78 Å². The molecule has 0 saturated carbocycles. The Kier molecular flexibility index (Phi) is 4.08. The number of ketones is 1. The van der Waals surface area contributed by atoms with E-state index in [-0.39, 0.29) is 11.7 Å². The highest BCUT2D eigenvalue weighted by Crippen LogP contribution is 2.22. The van der Waals surface area contributed by atoms with Gasteiger partial charge in [-0.25, -0.2) is 0 Å². The number of ether oxygens (including phenoxy) is 2. The largest absolute Gasteiger partial charge is 0.381 e. The Morgan fingerprint density at radius 1 is 1.57 bits per heavy atom. The molecule has 1 rings (SSSR count). The lowest BCUT2D eigenvalue weighted by molar-refractivity contribution is -0.148. The van der Waals surface area contributed by atoms with Crippen LogP contribution in [0.1, 0.15) is 33.6 Å². The highest BCUT2D eigenvalue weighted by Gasteiger charge is 2.34. The predicted molar refractivity (Wildman–Crippen MR) is 54.3 cm³/mol. The molecule has 1 aliphatic heterocycles. The van der Waals surface area contributed by atoms with Gasteiger partial charge in [0, 0.05) is 19.1 Å². The lowest BCUT2D eigenvalue weighted by atomic mass is 9.88. The molecule has 82 valence electrons. The number of carbonyl (C=O) groups excluding carboxylic acids is 1. The van der Waals surface area contributed by atoms with E-state index < -0.39 is 5.60 Å². The van der Waals surface area contributed by atoms with E-state index in [2.05, 4.69) is 0 Å². The molecule has 0 N–H and O–H groups in total. The molecule has 0 spiro atoms. The lowest BCUT2D eigenvalue weighted by Gasteiger charge is -2.30. The van der Waals surface area contributed by atoms with Gasteiger partial charge in [-0.2, -0.15) is 0 Å². The summed E-state index contributed by atoms with van der Waals surface area (Å²) in [4.78, 5) is 12.0. The predicted octanol–water partition coefficient (Wildman–Crippen LogP) is 1.80. The standard InChI is InChI=1S/C11H20O3/c1-4-14-11(2,3)10(12)9-6-5-7-13-8-9/h9H,4-8H2,1-3H3. The Balaban J connectivity index is 2.53. The second kappa shape index (κ2) is 4.89. The molecule has 1 heterocycles. The van der Waals surface area contributed by atoms with Gasteiger partial charge in [0.05, 0.1) is 6.61 Å². The monoisotopic (exact) mass is 200 g/mol. The van der Waals surface area contributed by atoms with Crippen molar-refractivity contribution in [3.05, 3.63) is 0 Å². The summed E-state index contributed by atoms with van der Waals surface area (Å²) >= 11 is 0. The van der Waals surface area contributed by atoms with Crippen LogP contribution in [-0.4, -0.2) is 31.2 Å². The van der Waals surface area contributed by atoms with Crippen LogP contribution in [0.25, 0.3) is 0 Å². The van der Waals surface area contributed by atoms with Crippen LogP contribution < -0.4 is 0 Å². The minimum absolute atomic E-state index is 0.0327. The first kappa shape index (κ1) is 11.7. The van der Waals surface area contributed by atoms with Gasteiger partial charge in [0.1, 0.15) is 5.60 Å². The van der Waals surface area contributed by atoms with Gasteiger partial charge in [-0.3, -0.25) is 4.79 Å². The zero-order valence-electron chi connectivity index (χ0n) is 9.34. The molecule has 3 nitrogen and oxygen atoms in total. The van der Waals surface area contributed by atoms with Gasteiger partial charge in [-0.1, -0.05) is 0 Å². The molecule has 0 amide bonds. The average Bonchev–Trinajstić information content (AvgIpc) is 2.18. The molecule has 14 heavy (non-hydrogen) atoms. The minimum atomic E-state index is -0.653. The summed E-state index contributed by atoms with van der Waals surface area (Å²) in [5.41, 5.74) is -0.653. The number of rotatable bonds is 4. The number of Topliss-reactive ketones (excluding diaryl/α,β-unsaturated/α-hetero) is 1. The molecule has 3 heteroatoms. The summed E-state index contributed by atoms with van der Waals surface area (Å²) in [5, 5.41) is 0. The van der Waals surface area contributed by atoms with Crippen molar-refractivity contribution in [2.75, 3.05) is 19.8 Å². The second-order valence-corrected chi connectivity index (χ2v) is 4.22. The van der Waals surface area contributed by atoms with Crippen molar-refractivity contribution in [3.8, 4) is 0 Å². The van der Waals surface area contributed by atoms with Crippen molar-refractivity contribution in [1.29, 1.82) is 0 Å². The van der Waals surface area contributed by atoms with Crippen molar-refractivity contribution in [2.45, 2.75) is 39.2 Å². The van der Waals surface area contributed by atoms with Crippen LogP contribution in [0.2, 0.25) is 0 Å². The first-order valence-corrected chi connectivity index (χ1v) is 5.34. The molecular formula is C11H20O3. The first-order chi connectivity index (χ1) is 6.58. The van der Waals surface area contributed by atoms with E-state index in [9.17, 15) is 4.79 Å². The fourth-order valence-corrected chi connectivity index (χ4v) is 1.87. The van der Waals surface area contributed by atoms with Crippen LogP contribution in [0.4, 0.5) is 0 Å². The third kappa shape index (κ3) is 2.79. The van der Waals surface area contributed by atoms with Gasteiger partial charge in [-0.05, 0) is 33.6 Å². The maximum absolute atomic E-state index is 12.0. The number of hydrogen-bond acceptors (Lipinski definition) is 3. The Hall–Kier alpha value is -0.410. The van der Waals surface area contributed by atoms with Gasteiger partial charge in [0.2, 0.25) is 0 Å². The van der Waals surface area contributed by atoms with Gasteiger partial charge in [0.25, 0.3) is 0 Å². The molecule has 1 fully saturated rings. The van der Waals surface area contributed by atoms with Gasteiger partial charge >= 0.3 is 0 Å². The van der Waals surface area contributed by atoms with Crippen LogP contribution in [0, 0.1) is 5.92 Å². The van der Waals surface area contributed by atoms with E-state index in [1.165, 1.54) is 0 Å². The molecule has 1 unspecified atom stereocenters. The van der Waals surface area contributed by atoms with Crippen LogP contribution in [0.5, 0.6) is 0 Å². The van der Waals surface area contributed by atoms with E-state index in [0.29, 0.717) is 13.2 Å². The van der Waals surface area contributed by atoms with E-state index >= 15 is 0 Å². The maximum Gasteiger partial charge on any atom is 0.169 e. The molecule has 0 aromatic rings. The molecular weight excluding hydrogens is 180 g/mol. The SMILES string of the molecule is CCOC(C)(C)C(=O)C1CCCOC1. The third-order valence-electron chi connectivity index (χ3n) is 2.63. The molecule has 0 bridgehead atoms.